The third-order valence-corrected chi connectivity index (χ3v) is 8.43. The van der Waals surface area contributed by atoms with E-state index in [9.17, 15) is 4.79 Å². The first kappa shape index (κ1) is 22.5. The minimum Gasteiger partial charge on any atom is -0.287 e. The maximum absolute atomic E-state index is 14.2. The molecular weight excluding hydrogens is 424 g/mol. The van der Waals surface area contributed by atoms with Gasteiger partial charge in [0.05, 0.1) is 11.3 Å². The van der Waals surface area contributed by atoms with Crippen LogP contribution in [0.3, 0.4) is 0 Å². The SMILES string of the molecule is CC(C)CCSc1nc2c(c(=O)n1CCc1ccccc1)C1(CCCC1)Cc1ccccc1-2. The number of fused-ring (bicyclic) bond motifs is 4. The van der Waals surface area contributed by atoms with Crippen molar-refractivity contribution in [2.75, 3.05) is 5.75 Å². The van der Waals surface area contributed by atoms with Gasteiger partial charge in [-0.3, -0.25) is 9.36 Å². The maximum atomic E-state index is 14.2. The largest absolute Gasteiger partial charge is 0.287 e. The van der Waals surface area contributed by atoms with Crippen molar-refractivity contribution in [1.82, 2.24) is 9.55 Å². The Morgan fingerprint density at radius 1 is 1.03 bits per heavy atom. The van der Waals surface area contributed by atoms with Gasteiger partial charge in [0.25, 0.3) is 5.56 Å². The average Bonchev–Trinajstić information content (AvgIpc) is 3.27. The van der Waals surface area contributed by atoms with E-state index in [-0.39, 0.29) is 11.0 Å². The van der Waals surface area contributed by atoms with Crippen molar-refractivity contribution in [3.8, 4) is 11.3 Å². The van der Waals surface area contributed by atoms with Crippen LogP contribution in [-0.2, 0) is 24.8 Å². The molecule has 0 unspecified atom stereocenters. The Morgan fingerprint density at radius 3 is 2.52 bits per heavy atom. The molecule has 0 N–H and O–H groups in total. The Hall–Kier alpha value is -2.33. The summed E-state index contributed by atoms with van der Waals surface area (Å²) in [6.45, 7) is 5.19. The van der Waals surface area contributed by atoms with Gasteiger partial charge >= 0.3 is 0 Å². The van der Waals surface area contributed by atoms with E-state index in [1.807, 2.05) is 10.6 Å². The molecule has 0 amide bonds. The summed E-state index contributed by atoms with van der Waals surface area (Å²) < 4.78 is 2.00. The lowest BCUT2D eigenvalue weighted by Crippen LogP contribution is -2.40. The molecule has 1 saturated carbocycles. The van der Waals surface area contributed by atoms with Gasteiger partial charge in [-0.25, -0.2) is 4.98 Å². The first-order valence-corrected chi connectivity index (χ1v) is 13.5. The molecule has 4 heteroatoms. The molecule has 0 bridgehead atoms. The van der Waals surface area contributed by atoms with Gasteiger partial charge in [0.2, 0.25) is 0 Å². The molecule has 2 aliphatic rings. The van der Waals surface area contributed by atoms with Gasteiger partial charge in [-0.15, -0.1) is 0 Å². The zero-order valence-electron chi connectivity index (χ0n) is 19.8. The van der Waals surface area contributed by atoms with Crippen LogP contribution in [0.2, 0.25) is 0 Å². The topological polar surface area (TPSA) is 34.9 Å². The zero-order valence-corrected chi connectivity index (χ0v) is 20.7. The molecule has 2 aliphatic carbocycles. The van der Waals surface area contributed by atoms with Crippen LogP contribution in [0, 0.1) is 5.92 Å². The summed E-state index contributed by atoms with van der Waals surface area (Å²) >= 11 is 1.75. The van der Waals surface area contributed by atoms with Crippen LogP contribution in [0.1, 0.15) is 62.6 Å². The molecule has 1 aromatic heterocycles. The standard InChI is InChI=1S/C29H34N2OS/c1-21(2)15-19-33-28-30-26-24-13-7-6-12-23(24)20-29(16-8-9-17-29)25(26)27(32)31(28)18-14-22-10-4-3-5-11-22/h3-7,10-13,21H,8-9,14-20H2,1-2H3. The van der Waals surface area contributed by atoms with Crippen molar-refractivity contribution in [3.05, 3.63) is 81.6 Å². The number of aryl methyl sites for hydroxylation is 1. The second-order valence-corrected chi connectivity index (χ2v) is 11.2. The van der Waals surface area contributed by atoms with Gasteiger partial charge in [0, 0.05) is 23.3 Å². The summed E-state index contributed by atoms with van der Waals surface area (Å²) in [4.78, 5) is 19.5. The smallest absolute Gasteiger partial charge is 0.258 e. The Balaban J connectivity index is 1.62. The molecule has 172 valence electrons. The van der Waals surface area contributed by atoms with Crippen LogP contribution >= 0.6 is 11.8 Å². The van der Waals surface area contributed by atoms with Crippen molar-refractivity contribution in [3.63, 3.8) is 0 Å². The number of thioether (sulfide) groups is 1. The minimum absolute atomic E-state index is 0.0383. The van der Waals surface area contributed by atoms with Gasteiger partial charge < -0.3 is 0 Å². The van der Waals surface area contributed by atoms with Gasteiger partial charge in [-0.1, -0.05) is 93.0 Å². The second kappa shape index (κ2) is 9.50. The molecule has 1 spiro atoms. The summed E-state index contributed by atoms with van der Waals surface area (Å²) in [5, 5.41) is 0.889. The third-order valence-electron chi connectivity index (χ3n) is 7.42. The summed E-state index contributed by atoms with van der Waals surface area (Å²) in [5.41, 5.74) is 5.93. The Kier molecular flexibility index (Phi) is 6.47. The van der Waals surface area contributed by atoms with Crippen molar-refractivity contribution in [1.29, 1.82) is 0 Å². The molecule has 3 nitrogen and oxygen atoms in total. The minimum atomic E-state index is -0.0383. The fraction of sp³-hybridized carbons (Fsp3) is 0.448. The summed E-state index contributed by atoms with van der Waals surface area (Å²) in [6.07, 6.45) is 7.56. The molecule has 3 aromatic rings. The van der Waals surface area contributed by atoms with Crippen molar-refractivity contribution < 1.29 is 0 Å². The van der Waals surface area contributed by atoms with Crippen LogP contribution in [0.25, 0.3) is 11.3 Å². The van der Waals surface area contributed by atoms with E-state index in [0.29, 0.717) is 12.5 Å². The fourth-order valence-electron chi connectivity index (χ4n) is 5.62. The van der Waals surface area contributed by atoms with E-state index >= 15 is 0 Å². The summed E-state index contributed by atoms with van der Waals surface area (Å²) in [6, 6.07) is 19.1. The number of rotatable bonds is 7. The lowest BCUT2D eigenvalue weighted by Gasteiger charge is -2.36. The predicted octanol–water partition coefficient (Wildman–Crippen LogP) is 6.66. The third kappa shape index (κ3) is 4.42. The quantitative estimate of drug-likeness (QED) is 0.293. The second-order valence-electron chi connectivity index (χ2n) is 10.2. The van der Waals surface area contributed by atoms with Gasteiger partial charge in [-0.2, -0.15) is 0 Å². The van der Waals surface area contributed by atoms with Crippen LogP contribution < -0.4 is 5.56 Å². The Labute approximate surface area is 201 Å². The van der Waals surface area contributed by atoms with Crippen molar-refractivity contribution in [2.24, 2.45) is 5.92 Å². The summed E-state index contributed by atoms with van der Waals surface area (Å²) in [7, 11) is 0. The van der Waals surface area contributed by atoms with E-state index in [1.54, 1.807) is 11.8 Å². The fourth-order valence-corrected chi connectivity index (χ4v) is 6.88. The molecule has 5 rings (SSSR count). The first-order chi connectivity index (χ1) is 16.1. The van der Waals surface area contributed by atoms with E-state index in [1.165, 1.54) is 29.5 Å². The monoisotopic (exact) mass is 458 g/mol. The average molecular weight is 459 g/mol. The highest BCUT2D eigenvalue weighted by Gasteiger charge is 2.44. The number of hydrogen-bond acceptors (Lipinski definition) is 3. The lowest BCUT2D eigenvalue weighted by molar-refractivity contribution is 0.415. The molecule has 2 aromatic carbocycles. The normalized spacial score (nSPS) is 16.2. The highest BCUT2D eigenvalue weighted by atomic mass is 32.2. The zero-order chi connectivity index (χ0) is 22.8. The van der Waals surface area contributed by atoms with E-state index in [2.05, 4.69) is 62.4 Å². The van der Waals surface area contributed by atoms with E-state index in [4.69, 9.17) is 4.98 Å². The molecule has 33 heavy (non-hydrogen) atoms. The molecule has 0 atom stereocenters. The number of hydrogen-bond donors (Lipinski definition) is 0. The van der Waals surface area contributed by atoms with Gasteiger partial charge in [-0.05, 0) is 49.1 Å². The summed E-state index contributed by atoms with van der Waals surface area (Å²) in [5.74, 6) is 1.63. The van der Waals surface area contributed by atoms with Crippen molar-refractivity contribution in [2.45, 2.75) is 75.9 Å². The lowest BCUT2D eigenvalue weighted by atomic mass is 9.68. The van der Waals surface area contributed by atoms with E-state index in [0.717, 1.165) is 54.3 Å². The molecule has 0 saturated heterocycles. The van der Waals surface area contributed by atoms with E-state index < -0.39 is 0 Å². The van der Waals surface area contributed by atoms with Crippen LogP contribution in [0.4, 0.5) is 0 Å². The number of nitrogens with zero attached hydrogens (tertiary/aromatic N) is 2. The van der Waals surface area contributed by atoms with Crippen LogP contribution in [0.15, 0.2) is 64.5 Å². The van der Waals surface area contributed by atoms with Gasteiger partial charge in [0.1, 0.15) is 0 Å². The number of aromatic nitrogens is 2. The first-order valence-electron chi connectivity index (χ1n) is 12.5. The predicted molar refractivity (Wildman–Crippen MR) is 138 cm³/mol. The highest BCUT2D eigenvalue weighted by molar-refractivity contribution is 7.99. The molecule has 1 heterocycles. The Morgan fingerprint density at radius 2 is 1.76 bits per heavy atom. The molecule has 1 fully saturated rings. The van der Waals surface area contributed by atoms with Crippen LogP contribution in [0.5, 0.6) is 0 Å². The highest BCUT2D eigenvalue weighted by Crippen LogP contribution is 2.50. The molecule has 0 aliphatic heterocycles. The molecule has 0 radical (unpaired) electrons. The maximum Gasteiger partial charge on any atom is 0.258 e. The van der Waals surface area contributed by atoms with Crippen molar-refractivity contribution >= 4 is 11.8 Å². The molecular formula is C29H34N2OS. The number of benzene rings is 2. The van der Waals surface area contributed by atoms with Crippen LogP contribution in [-0.4, -0.2) is 15.3 Å². The Bertz CT molecular complexity index is 1180. The van der Waals surface area contributed by atoms with Gasteiger partial charge in [0.15, 0.2) is 5.16 Å².